The minimum absolute atomic E-state index is 0.0753. The Morgan fingerprint density at radius 2 is 1.80 bits per heavy atom. The van der Waals surface area contributed by atoms with Crippen molar-refractivity contribution >= 4 is 12.0 Å². The van der Waals surface area contributed by atoms with Gasteiger partial charge < -0.3 is 10.4 Å². The van der Waals surface area contributed by atoms with E-state index in [0.29, 0.717) is 6.42 Å². The molecule has 0 aromatic carbocycles. The number of carbonyl (C=O) groups excluding carboxylic acids is 1. The van der Waals surface area contributed by atoms with Crippen molar-refractivity contribution in [3.63, 3.8) is 0 Å². The number of nitrogens with zero attached hydrogens (tertiary/aromatic N) is 1. The first-order valence-electron chi connectivity index (χ1n) is 7.30. The second kappa shape index (κ2) is 7.47. The van der Waals surface area contributed by atoms with Gasteiger partial charge in [-0.25, -0.2) is 9.80 Å². The fourth-order valence-corrected chi connectivity index (χ4v) is 2.39. The number of urea groups is 1. The summed E-state index contributed by atoms with van der Waals surface area (Å²) in [6, 6.07) is -0.313. The molecular formula is C14H27N3O3. The van der Waals surface area contributed by atoms with Crippen LogP contribution in [0.1, 0.15) is 46.5 Å². The topological polar surface area (TPSA) is 81.7 Å². The Kier molecular flexibility index (Phi) is 6.26. The molecule has 0 radical (unpaired) electrons. The lowest BCUT2D eigenvalue weighted by molar-refractivity contribution is -0.142. The Balaban J connectivity index is 2.34. The highest BCUT2D eigenvalue weighted by atomic mass is 16.4. The number of piperidine rings is 1. The molecule has 1 fully saturated rings. The summed E-state index contributed by atoms with van der Waals surface area (Å²) in [6.07, 6.45) is 3.91. The third kappa shape index (κ3) is 6.75. The van der Waals surface area contributed by atoms with Crippen LogP contribution in [0, 0.1) is 11.3 Å². The molecule has 1 rings (SSSR count). The number of rotatable bonds is 5. The fraction of sp³-hybridized carbons (Fsp3) is 0.857. The molecule has 0 saturated carbocycles. The Morgan fingerprint density at radius 1 is 1.20 bits per heavy atom. The van der Waals surface area contributed by atoms with Crippen LogP contribution in [0.4, 0.5) is 4.79 Å². The molecule has 0 aromatic heterocycles. The third-order valence-electron chi connectivity index (χ3n) is 3.33. The van der Waals surface area contributed by atoms with Crippen LogP contribution in [-0.4, -0.2) is 41.8 Å². The highest BCUT2D eigenvalue weighted by Crippen LogP contribution is 2.24. The largest absolute Gasteiger partial charge is 0.481 e. The van der Waals surface area contributed by atoms with E-state index in [1.807, 2.05) is 25.8 Å². The standard InChI is InChI=1S/C14H27N3O3/c1-14(2,3)9-11(12(18)19)10-15-13(20)16-17-7-5-4-6-8-17/h11H,4-10H2,1-3H3,(H,18,19)(H2,15,16,20). The highest BCUT2D eigenvalue weighted by Gasteiger charge is 2.25. The van der Waals surface area contributed by atoms with E-state index in [4.69, 9.17) is 0 Å². The van der Waals surface area contributed by atoms with E-state index >= 15 is 0 Å². The average Bonchev–Trinajstić information content (AvgIpc) is 2.34. The Hall–Kier alpha value is -1.30. The lowest BCUT2D eigenvalue weighted by Crippen LogP contribution is -2.50. The van der Waals surface area contributed by atoms with Gasteiger partial charge in [0.05, 0.1) is 5.92 Å². The Bertz CT molecular complexity index is 333. The summed E-state index contributed by atoms with van der Waals surface area (Å²) in [5.41, 5.74) is 2.69. The monoisotopic (exact) mass is 285 g/mol. The molecule has 1 aliphatic heterocycles. The number of carboxylic acids is 1. The van der Waals surface area contributed by atoms with Gasteiger partial charge in [-0.15, -0.1) is 0 Å². The van der Waals surface area contributed by atoms with Crippen molar-refractivity contribution < 1.29 is 14.7 Å². The molecule has 1 heterocycles. The first kappa shape index (κ1) is 16.8. The molecule has 2 amide bonds. The van der Waals surface area contributed by atoms with Gasteiger partial charge >= 0.3 is 12.0 Å². The highest BCUT2D eigenvalue weighted by molar-refractivity contribution is 5.75. The number of nitrogens with one attached hydrogen (secondary N) is 2. The molecule has 0 bridgehead atoms. The molecule has 6 heteroatoms. The Labute approximate surface area is 120 Å². The average molecular weight is 285 g/mol. The molecular weight excluding hydrogens is 258 g/mol. The molecule has 6 nitrogen and oxygen atoms in total. The van der Waals surface area contributed by atoms with Crippen molar-refractivity contribution in [3.05, 3.63) is 0 Å². The second-order valence-corrected chi connectivity index (χ2v) is 6.67. The zero-order valence-electron chi connectivity index (χ0n) is 12.7. The number of hydrogen-bond acceptors (Lipinski definition) is 3. The van der Waals surface area contributed by atoms with Gasteiger partial charge in [-0.05, 0) is 24.7 Å². The van der Waals surface area contributed by atoms with Crippen molar-refractivity contribution in [2.75, 3.05) is 19.6 Å². The van der Waals surface area contributed by atoms with Gasteiger partial charge in [-0.2, -0.15) is 0 Å². The van der Waals surface area contributed by atoms with Crippen molar-refractivity contribution in [3.8, 4) is 0 Å². The van der Waals surface area contributed by atoms with E-state index in [0.717, 1.165) is 25.9 Å². The van der Waals surface area contributed by atoms with Crippen LogP contribution < -0.4 is 10.7 Å². The van der Waals surface area contributed by atoms with Gasteiger partial charge in [0, 0.05) is 19.6 Å². The van der Waals surface area contributed by atoms with Crippen molar-refractivity contribution in [2.45, 2.75) is 46.5 Å². The van der Waals surface area contributed by atoms with E-state index < -0.39 is 11.9 Å². The van der Waals surface area contributed by atoms with Gasteiger partial charge in [0.15, 0.2) is 0 Å². The van der Waals surface area contributed by atoms with E-state index in [9.17, 15) is 14.7 Å². The summed E-state index contributed by atoms with van der Waals surface area (Å²) >= 11 is 0. The van der Waals surface area contributed by atoms with Gasteiger partial charge in [-0.3, -0.25) is 10.2 Å². The molecule has 116 valence electrons. The predicted molar refractivity (Wildman–Crippen MR) is 77.2 cm³/mol. The van der Waals surface area contributed by atoms with Crippen LogP contribution in [0.2, 0.25) is 0 Å². The maximum atomic E-state index is 11.7. The van der Waals surface area contributed by atoms with Gasteiger partial charge in [0.2, 0.25) is 0 Å². The number of amides is 2. The SMILES string of the molecule is CC(C)(C)CC(CNC(=O)NN1CCCCC1)C(=O)O. The quantitative estimate of drug-likeness (QED) is 0.719. The lowest BCUT2D eigenvalue weighted by Gasteiger charge is -2.27. The summed E-state index contributed by atoms with van der Waals surface area (Å²) in [5.74, 6) is -1.42. The van der Waals surface area contributed by atoms with E-state index in [1.165, 1.54) is 6.42 Å². The van der Waals surface area contributed by atoms with Gasteiger partial charge in [-0.1, -0.05) is 27.2 Å². The van der Waals surface area contributed by atoms with Crippen LogP contribution in [0.15, 0.2) is 0 Å². The predicted octanol–water partition coefficient (Wildman–Crippen LogP) is 1.82. The van der Waals surface area contributed by atoms with Crippen molar-refractivity contribution in [1.82, 2.24) is 15.8 Å². The van der Waals surface area contributed by atoms with E-state index in [1.54, 1.807) is 0 Å². The number of aliphatic carboxylic acids is 1. The third-order valence-corrected chi connectivity index (χ3v) is 3.33. The molecule has 1 saturated heterocycles. The van der Waals surface area contributed by atoms with Crippen LogP contribution >= 0.6 is 0 Å². The minimum Gasteiger partial charge on any atom is -0.481 e. The van der Waals surface area contributed by atoms with Crippen LogP contribution in [0.3, 0.4) is 0 Å². The first-order chi connectivity index (χ1) is 9.28. The van der Waals surface area contributed by atoms with E-state index in [2.05, 4.69) is 10.7 Å². The van der Waals surface area contributed by atoms with E-state index in [-0.39, 0.29) is 18.0 Å². The molecule has 0 aromatic rings. The number of hydrogen-bond donors (Lipinski definition) is 3. The normalized spacial score (nSPS) is 18.4. The molecule has 1 unspecified atom stereocenters. The maximum absolute atomic E-state index is 11.7. The summed E-state index contributed by atoms with van der Waals surface area (Å²) in [7, 11) is 0. The summed E-state index contributed by atoms with van der Waals surface area (Å²) < 4.78 is 0. The molecule has 1 atom stereocenters. The minimum atomic E-state index is -0.863. The number of carboxylic acid groups (broad SMARTS) is 1. The maximum Gasteiger partial charge on any atom is 0.329 e. The van der Waals surface area contributed by atoms with Crippen LogP contribution in [0.25, 0.3) is 0 Å². The molecule has 1 aliphatic rings. The number of hydrazine groups is 1. The molecule has 0 spiro atoms. The summed E-state index contributed by atoms with van der Waals surface area (Å²) in [6.45, 7) is 7.87. The van der Waals surface area contributed by atoms with Crippen molar-refractivity contribution in [1.29, 1.82) is 0 Å². The molecule has 0 aliphatic carbocycles. The number of carbonyl (C=O) groups is 2. The van der Waals surface area contributed by atoms with Crippen LogP contribution in [-0.2, 0) is 4.79 Å². The van der Waals surface area contributed by atoms with Gasteiger partial charge in [0.25, 0.3) is 0 Å². The van der Waals surface area contributed by atoms with Crippen LogP contribution in [0.5, 0.6) is 0 Å². The fourth-order valence-electron chi connectivity index (χ4n) is 2.39. The second-order valence-electron chi connectivity index (χ2n) is 6.67. The van der Waals surface area contributed by atoms with Crippen molar-refractivity contribution in [2.24, 2.45) is 11.3 Å². The Morgan fingerprint density at radius 3 is 2.30 bits per heavy atom. The molecule has 3 N–H and O–H groups in total. The zero-order chi connectivity index (χ0) is 15.2. The first-order valence-corrected chi connectivity index (χ1v) is 7.30. The summed E-state index contributed by atoms with van der Waals surface area (Å²) in [4.78, 5) is 22.9. The summed E-state index contributed by atoms with van der Waals surface area (Å²) in [5, 5.41) is 13.7. The lowest BCUT2D eigenvalue weighted by atomic mass is 9.84. The zero-order valence-corrected chi connectivity index (χ0v) is 12.7. The smallest absolute Gasteiger partial charge is 0.329 e. The molecule has 20 heavy (non-hydrogen) atoms. The van der Waals surface area contributed by atoms with Gasteiger partial charge in [0.1, 0.15) is 0 Å².